The molecule has 0 aromatic carbocycles. The number of rotatable bonds is 8. The molecular weight excluding hydrogens is 186 g/mol. The summed E-state index contributed by atoms with van der Waals surface area (Å²) in [5.41, 5.74) is 0. The van der Waals surface area contributed by atoms with E-state index in [-0.39, 0.29) is 5.97 Å². The molecule has 0 aromatic rings. The third-order valence-electron chi connectivity index (χ3n) is 1.53. The van der Waals surface area contributed by atoms with Crippen LogP contribution in [0.25, 0.3) is 0 Å². The molecule has 78 valence electrons. The van der Waals surface area contributed by atoms with E-state index < -0.39 is 0 Å². The van der Waals surface area contributed by atoms with Gasteiger partial charge in [0.05, 0.1) is 13.5 Å². The van der Waals surface area contributed by atoms with Crippen molar-refractivity contribution < 1.29 is 9.53 Å². The Hall–Kier alpha value is -0.220. The Morgan fingerprint density at radius 3 is 2.77 bits per heavy atom. The van der Waals surface area contributed by atoms with Crippen molar-refractivity contribution >= 4 is 17.7 Å². The number of ether oxygens (including phenoxy) is 1. The highest BCUT2D eigenvalue weighted by atomic mass is 32.2. The molecule has 0 rings (SSSR count). The van der Waals surface area contributed by atoms with Crippen molar-refractivity contribution in [2.24, 2.45) is 0 Å². The molecule has 0 spiro atoms. The summed E-state index contributed by atoms with van der Waals surface area (Å²) in [6, 6.07) is 0. The second kappa shape index (κ2) is 9.86. The van der Waals surface area contributed by atoms with E-state index in [1.807, 2.05) is 0 Å². The van der Waals surface area contributed by atoms with Gasteiger partial charge >= 0.3 is 5.97 Å². The first-order chi connectivity index (χ1) is 6.31. The number of hydrogen-bond donors (Lipinski definition) is 1. The normalized spacial score (nSPS) is 10.0. The first-order valence-electron chi connectivity index (χ1n) is 4.66. The standard InChI is InChI=1S/C9H19NO2S/c1-3-5-10-6-8-13-7-4-9(11)12-2/h10H,3-8H2,1-2H3. The van der Waals surface area contributed by atoms with Gasteiger partial charge in [0.1, 0.15) is 0 Å². The fraction of sp³-hybridized carbons (Fsp3) is 0.889. The molecule has 0 saturated heterocycles. The maximum atomic E-state index is 10.7. The van der Waals surface area contributed by atoms with Gasteiger partial charge in [0, 0.05) is 18.1 Å². The van der Waals surface area contributed by atoms with Crippen LogP contribution in [0.3, 0.4) is 0 Å². The van der Waals surface area contributed by atoms with E-state index in [1.54, 1.807) is 11.8 Å². The van der Waals surface area contributed by atoms with E-state index in [2.05, 4.69) is 17.0 Å². The lowest BCUT2D eigenvalue weighted by atomic mass is 10.5. The molecule has 0 aliphatic heterocycles. The number of thioether (sulfide) groups is 1. The zero-order valence-corrected chi connectivity index (χ0v) is 9.28. The van der Waals surface area contributed by atoms with E-state index >= 15 is 0 Å². The quantitative estimate of drug-likeness (QED) is 0.478. The van der Waals surface area contributed by atoms with Crippen LogP contribution < -0.4 is 5.32 Å². The molecule has 0 heterocycles. The fourth-order valence-corrected chi connectivity index (χ4v) is 1.61. The Labute approximate surface area is 84.6 Å². The number of hydrogen-bond acceptors (Lipinski definition) is 4. The van der Waals surface area contributed by atoms with Crippen LogP contribution in [-0.4, -0.2) is 37.7 Å². The number of carbonyl (C=O) groups is 1. The van der Waals surface area contributed by atoms with Crippen molar-refractivity contribution in [1.29, 1.82) is 0 Å². The van der Waals surface area contributed by atoms with E-state index in [0.29, 0.717) is 6.42 Å². The number of methoxy groups -OCH3 is 1. The molecule has 0 aromatic heterocycles. The van der Waals surface area contributed by atoms with Crippen molar-refractivity contribution in [3.05, 3.63) is 0 Å². The summed E-state index contributed by atoms with van der Waals surface area (Å²) in [5, 5.41) is 3.30. The van der Waals surface area contributed by atoms with Gasteiger partial charge in [-0.25, -0.2) is 0 Å². The van der Waals surface area contributed by atoms with E-state index in [4.69, 9.17) is 0 Å². The summed E-state index contributed by atoms with van der Waals surface area (Å²) in [6.07, 6.45) is 1.70. The molecule has 0 unspecified atom stereocenters. The van der Waals surface area contributed by atoms with Crippen LogP contribution in [-0.2, 0) is 9.53 Å². The van der Waals surface area contributed by atoms with Gasteiger partial charge in [-0.15, -0.1) is 0 Å². The van der Waals surface area contributed by atoms with Crippen molar-refractivity contribution in [3.63, 3.8) is 0 Å². The molecule has 4 heteroatoms. The molecule has 0 amide bonds. The molecule has 13 heavy (non-hydrogen) atoms. The predicted octanol–water partition coefficient (Wildman–Crippen LogP) is 1.28. The third kappa shape index (κ3) is 9.70. The van der Waals surface area contributed by atoms with Gasteiger partial charge in [0.2, 0.25) is 0 Å². The average Bonchev–Trinajstić information content (AvgIpc) is 2.16. The smallest absolute Gasteiger partial charge is 0.306 e. The lowest BCUT2D eigenvalue weighted by Gasteiger charge is -2.02. The minimum absolute atomic E-state index is 0.117. The van der Waals surface area contributed by atoms with Gasteiger partial charge in [-0.05, 0) is 13.0 Å². The fourth-order valence-electron chi connectivity index (χ4n) is 0.806. The zero-order chi connectivity index (χ0) is 9.94. The van der Waals surface area contributed by atoms with Gasteiger partial charge in [-0.3, -0.25) is 4.79 Å². The summed E-state index contributed by atoms with van der Waals surface area (Å²) in [4.78, 5) is 10.7. The first-order valence-corrected chi connectivity index (χ1v) is 5.82. The Balaban J connectivity index is 2.95. The minimum Gasteiger partial charge on any atom is -0.469 e. The number of esters is 1. The second-order valence-electron chi connectivity index (χ2n) is 2.69. The second-order valence-corrected chi connectivity index (χ2v) is 3.91. The molecule has 0 aliphatic carbocycles. The van der Waals surface area contributed by atoms with Crippen LogP contribution in [0, 0.1) is 0 Å². The summed E-state index contributed by atoms with van der Waals surface area (Å²) < 4.78 is 4.53. The summed E-state index contributed by atoms with van der Waals surface area (Å²) in [7, 11) is 1.43. The Kier molecular flexibility index (Phi) is 9.70. The zero-order valence-electron chi connectivity index (χ0n) is 8.47. The predicted molar refractivity (Wildman–Crippen MR) is 57.1 cm³/mol. The SMILES string of the molecule is CCCNCCSCCC(=O)OC. The van der Waals surface area contributed by atoms with Gasteiger partial charge in [-0.1, -0.05) is 6.92 Å². The molecule has 0 bridgehead atoms. The molecule has 0 saturated carbocycles. The average molecular weight is 205 g/mol. The van der Waals surface area contributed by atoms with E-state index in [0.717, 1.165) is 24.6 Å². The van der Waals surface area contributed by atoms with Crippen LogP contribution in [0.5, 0.6) is 0 Å². The molecule has 1 N–H and O–H groups in total. The molecule has 0 atom stereocenters. The van der Waals surface area contributed by atoms with Crippen LogP contribution in [0.4, 0.5) is 0 Å². The maximum absolute atomic E-state index is 10.7. The topological polar surface area (TPSA) is 38.3 Å². The van der Waals surface area contributed by atoms with Crippen molar-refractivity contribution in [2.45, 2.75) is 19.8 Å². The first kappa shape index (κ1) is 12.8. The lowest BCUT2D eigenvalue weighted by molar-refractivity contribution is -0.140. The van der Waals surface area contributed by atoms with Gasteiger partial charge in [-0.2, -0.15) is 11.8 Å². The van der Waals surface area contributed by atoms with Crippen molar-refractivity contribution in [3.8, 4) is 0 Å². The van der Waals surface area contributed by atoms with Gasteiger partial charge in [0.15, 0.2) is 0 Å². The van der Waals surface area contributed by atoms with Crippen molar-refractivity contribution in [1.82, 2.24) is 5.32 Å². The summed E-state index contributed by atoms with van der Waals surface area (Å²) in [6.45, 7) is 4.26. The molecule has 0 radical (unpaired) electrons. The summed E-state index contributed by atoms with van der Waals surface area (Å²) in [5.74, 6) is 1.81. The Bertz CT molecular complexity index is 131. The van der Waals surface area contributed by atoms with E-state index in [9.17, 15) is 4.79 Å². The maximum Gasteiger partial charge on any atom is 0.306 e. The van der Waals surface area contributed by atoms with Gasteiger partial charge in [0.25, 0.3) is 0 Å². The number of carbonyl (C=O) groups excluding carboxylic acids is 1. The molecular formula is C9H19NO2S. The molecule has 0 aliphatic rings. The van der Waals surface area contributed by atoms with E-state index in [1.165, 1.54) is 13.5 Å². The van der Waals surface area contributed by atoms with Crippen LogP contribution in [0.2, 0.25) is 0 Å². The third-order valence-corrected chi connectivity index (χ3v) is 2.51. The number of nitrogens with one attached hydrogen (secondary N) is 1. The Morgan fingerprint density at radius 1 is 1.38 bits per heavy atom. The highest BCUT2D eigenvalue weighted by Gasteiger charge is 1.98. The summed E-state index contributed by atoms with van der Waals surface area (Å²) >= 11 is 1.78. The van der Waals surface area contributed by atoms with Crippen LogP contribution in [0.1, 0.15) is 19.8 Å². The van der Waals surface area contributed by atoms with Crippen molar-refractivity contribution in [2.75, 3.05) is 31.7 Å². The lowest BCUT2D eigenvalue weighted by Crippen LogP contribution is -2.17. The van der Waals surface area contributed by atoms with Gasteiger partial charge < -0.3 is 10.1 Å². The Morgan fingerprint density at radius 2 is 2.15 bits per heavy atom. The highest BCUT2D eigenvalue weighted by molar-refractivity contribution is 7.99. The highest BCUT2D eigenvalue weighted by Crippen LogP contribution is 2.01. The molecule has 0 fully saturated rings. The van der Waals surface area contributed by atoms with Crippen LogP contribution in [0.15, 0.2) is 0 Å². The molecule has 3 nitrogen and oxygen atoms in total. The van der Waals surface area contributed by atoms with Crippen LogP contribution >= 0.6 is 11.8 Å². The minimum atomic E-state index is -0.117. The largest absolute Gasteiger partial charge is 0.469 e. The monoisotopic (exact) mass is 205 g/mol.